The number of thiophene rings is 1. The second kappa shape index (κ2) is 8.41. The van der Waals surface area contributed by atoms with Crippen molar-refractivity contribution in [3.05, 3.63) is 20.3 Å². The van der Waals surface area contributed by atoms with Gasteiger partial charge in [-0.1, -0.05) is 47.5 Å². The summed E-state index contributed by atoms with van der Waals surface area (Å²) in [5.41, 5.74) is 6.45. The van der Waals surface area contributed by atoms with Crippen LogP contribution in [0.1, 0.15) is 69.6 Å². The maximum absolute atomic E-state index is 12.9. The van der Waals surface area contributed by atoms with Crippen LogP contribution in [0, 0.1) is 11.5 Å². The van der Waals surface area contributed by atoms with Crippen LogP contribution >= 0.6 is 27.3 Å². The third-order valence-corrected chi connectivity index (χ3v) is 13.5. The smallest absolute Gasteiger partial charge is 0.265 e. The van der Waals surface area contributed by atoms with Crippen LogP contribution in [0.3, 0.4) is 0 Å². The van der Waals surface area contributed by atoms with Gasteiger partial charge in [0.1, 0.15) is 13.0 Å². The summed E-state index contributed by atoms with van der Waals surface area (Å²) in [5, 5.41) is 0. The Morgan fingerprint density at radius 3 is 2.12 bits per heavy atom. The van der Waals surface area contributed by atoms with Crippen molar-refractivity contribution in [2.45, 2.75) is 71.0 Å². The highest BCUT2D eigenvalue weighted by atomic mass is 79.9. The van der Waals surface area contributed by atoms with Crippen molar-refractivity contribution in [2.75, 3.05) is 13.1 Å². The average molecular weight is 441 g/mol. The van der Waals surface area contributed by atoms with E-state index in [-0.39, 0.29) is 5.91 Å². The maximum atomic E-state index is 12.9. The number of nitrogens with zero attached hydrogens (tertiary/aromatic N) is 1. The summed E-state index contributed by atoms with van der Waals surface area (Å²) < 4.78 is 0.991. The van der Waals surface area contributed by atoms with Gasteiger partial charge in [0.05, 0.1) is 3.79 Å². The second-order valence-electron chi connectivity index (χ2n) is 7.94. The molecule has 1 saturated heterocycles. The average Bonchev–Trinajstić information content (AvgIpc) is 3.15. The van der Waals surface area contributed by atoms with E-state index in [2.05, 4.69) is 68.9 Å². The first-order chi connectivity index (χ1) is 11.7. The molecule has 0 unspecified atom stereocenters. The van der Waals surface area contributed by atoms with Gasteiger partial charge in [0.25, 0.3) is 5.91 Å². The van der Waals surface area contributed by atoms with E-state index in [1.165, 1.54) is 11.3 Å². The zero-order chi connectivity index (χ0) is 18.8. The monoisotopic (exact) mass is 439 g/mol. The summed E-state index contributed by atoms with van der Waals surface area (Å²) in [6.45, 7) is 15.7. The van der Waals surface area contributed by atoms with Crippen molar-refractivity contribution in [3.63, 3.8) is 0 Å². The molecule has 1 aromatic heterocycles. The van der Waals surface area contributed by atoms with Crippen molar-refractivity contribution in [2.24, 2.45) is 0 Å². The van der Waals surface area contributed by atoms with Gasteiger partial charge in [0.15, 0.2) is 0 Å². The van der Waals surface area contributed by atoms with Crippen LogP contribution < -0.4 is 0 Å². The zero-order valence-electron chi connectivity index (χ0n) is 16.3. The SMILES string of the molecule is CC(C)[Si](C#Cc1cc(Br)sc1C(=O)N1CCCC1)(C(C)C)C(C)C. The van der Waals surface area contributed by atoms with Crippen molar-refractivity contribution < 1.29 is 4.79 Å². The molecule has 1 aliphatic heterocycles. The number of carbonyl (C=O) groups is 1. The summed E-state index contributed by atoms with van der Waals surface area (Å²) >= 11 is 5.08. The van der Waals surface area contributed by atoms with E-state index >= 15 is 0 Å². The van der Waals surface area contributed by atoms with Crippen molar-refractivity contribution in [1.82, 2.24) is 4.90 Å². The van der Waals surface area contributed by atoms with Gasteiger partial charge in [0, 0.05) is 18.7 Å². The molecule has 5 heteroatoms. The number of hydrogen-bond donors (Lipinski definition) is 0. The maximum Gasteiger partial charge on any atom is 0.265 e. The van der Waals surface area contributed by atoms with E-state index in [0.29, 0.717) is 16.6 Å². The Morgan fingerprint density at radius 2 is 1.64 bits per heavy atom. The van der Waals surface area contributed by atoms with Crippen LogP contribution in [0.2, 0.25) is 16.6 Å². The lowest BCUT2D eigenvalue weighted by molar-refractivity contribution is 0.0797. The molecular weight excluding hydrogens is 410 g/mol. The topological polar surface area (TPSA) is 20.3 Å². The highest BCUT2D eigenvalue weighted by molar-refractivity contribution is 9.11. The Bertz CT molecular complexity index is 656. The molecule has 25 heavy (non-hydrogen) atoms. The Balaban J connectivity index is 2.43. The fourth-order valence-corrected chi connectivity index (χ4v) is 11.0. The molecule has 0 aliphatic carbocycles. The molecule has 1 aromatic rings. The fourth-order valence-electron chi connectivity index (χ4n) is 4.29. The summed E-state index contributed by atoms with van der Waals surface area (Å²) in [4.78, 5) is 15.6. The number of likely N-dealkylation sites (tertiary alicyclic amines) is 1. The van der Waals surface area contributed by atoms with Crippen molar-refractivity contribution >= 4 is 41.2 Å². The Hall–Kier alpha value is -0.573. The third kappa shape index (κ3) is 4.23. The third-order valence-electron chi connectivity index (χ3n) is 5.57. The number of hydrogen-bond acceptors (Lipinski definition) is 2. The number of rotatable bonds is 4. The molecule has 0 radical (unpaired) electrons. The highest BCUT2D eigenvalue weighted by Gasteiger charge is 2.41. The molecule has 1 fully saturated rings. The molecule has 0 atom stereocenters. The molecule has 1 amide bonds. The van der Waals surface area contributed by atoms with Gasteiger partial charge in [-0.15, -0.1) is 16.9 Å². The summed E-state index contributed by atoms with van der Waals surface area (Å²) in [7, 11) is -1.79. The van der Waals surface area contributed by atoms with Crippen molar-refractivity contribution in [3.8, 4) is 11.5 Å². The van der Waals surface area contributed by atoms with Gasteiger partial charge >= 0.3 is 0 Å². The molecular formula is C20H30BrNOSSi. The fraction of sp³-hybridized carbons (Fsp3) is 0.650. The minimum absolute atomic E-state index is 0.156. The molecule has 0 aromatic carbocycles. The molecule has 2 heterocycles. The molecule has 0 bridgehead atoms. The highest BCUT2D eigenvalue weighted by Crippen LogP contribution is 2.41. The molecule has 138 valence electrons. The molecule has 2 rings (SSSR count). The van der Waals surface area contributed by atoms with Gasteiger partial charge in [-0.2, -0.15) is 0 Å². The second-order valence-corrected chi connectivity index (χ2v) is 16.0. The van der Waals surface area contributed by atoms with E-state index in [1.54, 1.807) is 0 Å². The molecule has 0 N–H and O–H groups in total. The lowest BCUT2D eigenvalue weighted by Gasteiger charge is -2.38. The van der Waals surface area contributed by atoms with Crippen LogP contribution in [0.25, 0.3) is 0 Å². The van der Waals surface area contributed by atoms with Gasteiger partial charge in [-0.25, -0.2) is 0 Å². The summed E-state index contributed by atoms with van der Waals surface area (Å²) in [6.07, 6.45) is 2.23. The first kappa shape index (κ1) is 20.7. The van der Waals surface area contributed by atoms with Crippen LogP contribution in [0.4, 0.5) is 0 Å². The Kier molecular flexibility index (Phi) is 6.98. The normalized spacial score (nSPS) is 15.2. The quantitative estimate of drug-likeness (QED) is 0.397. The van der Waals surface area contributed by atoms with E-state index in [9.17, 15) is 4.79 Å². The number of amides is 1. The Labute approximate surface area is 166 Å². The van der Waals surface area contributed by atoms with E-state index in [4.69, 9.17) is 0 Å². The van der Waals surface area contributed by atoms with Crippen LogP contribution in [-0.4, -0.2) is 32.0 Å². The van der Waals surface area contributed by atoms with Gasteiger partial charge in [-0.3, -0.25) is 4.79 Å². The predicted octanol–water partition coefficient (Wildman–Crippen LogP) is 6.32. The van der Waals surface area contributed by atoms with Crippen LogP contribution in [0.5, 0.6) is 0 Å². The van der Waals surface area contributed by atoms with E-state index < -0.39 is 8.07 Å². The number of halogens is 1. The zero-order valence-corrected chi connectivity index (χ0v) is 19.7. The van der Waals surface area contributed by atoms with Gasteiger partial charge in [0.2, 0.25) is 0 Å². The molecule has 0 spiro atoms. The molecule has 1 aliphatic rings. The van der Waals surface area contributed by atoms with E-state index in [0.717, 1.165) is 40.2 Å². The minimum Gasteiger partial charge on any atom is -0.338 e. The first-order valence-corrected chi connectivity index (χ1v) is 13.2. The van der Waals surface area contributed by atoms with Gasteiger partial charge < -0.3 is 4.90 Å². The van der Waals surface area contributed by atoms with Gasteiger partial charge in [-0.05, 0) is 51.5 Å². The summed E-state index contributed by atoms with van der Waals surface area (Å²) in [5.74, 6) is 3.62. The standard InChI is InChI=1S/C20H30BrNOSSi/c1-14(2)25(15(3)4,16(5)6)12-9-17-13-18(21)24-19(17)20(23)22-10-7-8-11-22/h13-16H,7-8,10-11H2,1-6H3. The predicted molar refractivity (Wildman–Crippen MR) is 115 cm³/mol. The Morgan fingerprint density at radius 1 is 1.12 bits per heavy atom. The summed E-state index contributed by atoms with van der Waals surface area (Å²) in [6, 6.07) is 2.03. The van der Waals surface area contributed by atoms with Crippen LogP contribution in [0.15, 0.2) is 9.85 Å². The van der Waals surface area contributed by atoms with E-state index in [1.807, 2.05) is 11.0 Å². The molecule has 0 saturated carbocycles. The lowest BCUT2D eigenvalue weighted by atomic mass is 10.2. The van der Waals surface area contributed by atoms with Crippen molar-refractivity contribution in [1.29, 1.82) is 0 Å². The van der Waals surface area contributed by atoms with Crippen LogP contribution in [-0.2, 0) is 0 Å². The number of carbonyl (C=O) groups excluding carboxylic acids is 1. The minimum atomic E-state index is -1.79. The first-order valence-electron chi connectivity index (χ1n) is 9.31. The lowest BCUT2D eigenvalue weighted by Crippen LogP contribution is -2.43. The molecule has 2 nitrogen and oxygen atoms in total. The largest absolute Gasteiger partial charge is 0.338 e.